The predicted molar refractivity (Wildman–Crippen MR) is 90.6 cm³/mol. The summed E-state index contributed by atoms with van der Waals surface area (Å²) in [5.41, 5.74) is 0.0175. The second kappa shape index (κ2) is 6.73. The van der Waals surface area contributed by atoms with Gasteiger partial charge in [0, 0.05) is 38.6 Å². The van der Waals surface area contributed by atoms with Gasteiger partial charge in [-0.25, -0.2) is 9.97 Å². The quantitative estimate of drug-likeness (QED) is 0.856. The van der Waals surface area contributed by atoms with E-state index in [4.69, 9.17) is 4.74 Å². The first-order valence-electron chi connectivity index (χ1n) is 9.21. The molecule has 0 atom stereocenters. The Morgan fingerprint density at radius 3 is 2.57 bits per heavy atom. The third kappa shape index (κ3) is 3.50. The van der Waals surface area contributed by atoms with Crippen molar-refractivity contribution in [1.82, 2.24) is 14.9 Å². The number of likely N-dealkylation sites (tertiary alicyclic amines) is 1. The van der Waals surface area contributed by atoms with Gasteiger partial charge in [-0.3, -0.25) is 0 Å². The van der Waals surface area contributed by atoms with Gasteiger partial charge in [-0.15, -0.1) is 0 Å². The molecular weight excluding hydrogens is 288 g/mol. The zero-order valence-electron chi connectivity index (χ0n) is 14.0. The van der Waals surface area contributed by atoms with Crippen molar-refractivity contribution in [3.63, 3.8) is 0 Å². The van der Waals surface area contributed by atoms with E-state index in [9.17, 15) is 0 Å². The summed E-state index contributed by atoms with van der Waals surface area (Å²) in [7, 11) is 0. The zero-order valence-corrected chi connectivity index (χ0v) is 14.0. The summed E-state index contributed by atoms with van der Waals surface area (Å²) in [6.07, 6.45) is 11.7. The number of rotatable bonds is 3. The molecule has 3 heterocycles. The van der Waals surface area contributed by atoms with Crippen LogP contribution in [0.3, 0.4) is 0 Å². The second-order valence-electron chi connectivity index (χ2n) is 7.45. The van der Waals surface area contributed by atoms with Crippen molar-refractivity contribution >= 4 is 5.95 Å². The number of hydrogen-bond acceptors (Lipinski definition) is 5. The third-order valence-corrected chi connectivity index (χ3v) is 5.84. The highest BCUT2D eigenvalue weighted by molar-refractivity contribution is 5.30. The Morgan fingerprint density at radius 1 is 1.09 bits per heavy atom. The normalized spacial score (nSPS) is 26.0. The van der Waals surface area contributed by atoms with Crippen LogP contribution in [0.15, 0.2) is 18.5 Å². The Morgan fingerprint density at radius 2 is 1.83 bits per heavy atom. The molecule has 5 heteroatoms. The topological polar surface area (TPSA) is 41.5 Å². The van der Waals surface area contributed by atoms with Crippen LogP contribution in [0.1, 0.15) is 38.5 Å². The monoisotopic (exact) mass is 316 g/mol. The maximum Gasteiger partial charge on any atom is 0.225 e. The molecule has 4 rings (SSSR count). The average molecular weight is 316 g/mol. The summed E-state index contributed by atoms with van der Waals surface area (Å²) in [6, 6.07) is 1.88. The SMILES string of the molecule is c1cnc(N2CCOC3(CCN(CC4CCCC4)CC3)C2)nc1. The minimum absolute atomic E-state index is 0.0175. The van der Waals surface area contributed by atoms with Crippen LogP contribution in [0.2, 0.25) is 0 Å². The molecule has 5 nitrogen and oxygen atoms in total. The minimum atomic E-state index is 0.0175. The molecule has 1 saturated carbocycles. The maximum atomic E-state index is 6.25. The lowest BCUT2D eigenvalue weighted by Gasteiger charge is -2.47. The van der Waals surface area contributed by atoms with Crippen LogP contribution in [-0.2, 0) is 4.74 Å². The molecule has 0 amide bonds. The highest BCUT2D eigenvalue weighted by Gasteiger charge is 2.40. The predicted octanol–water partition coefficient (Wildman–Crippen LogP) is 2.34. The lowest BCUT2D eigenvalue weighted by atomic mass is 9.89. The van der Waals surface area contributed by atoms with E-state index in [2.05, 4.69) is 19.8 Å². The molecule has 2 saturated heterocycles. The summed E-state index contributed by atoms with van der Waals surface area (Å²) < 4.78 is 6.25. The van der Waals surface area contributed by atoms with E-state index in [1.54, 1.807) is 0 Å². The highest BCUT2D eigenvalue weighted by Crippen LogP contribution is 2.33. The van der Waals surface area contributed by atoms with Crippen LogP contribution in [0, 0.1) is 5.92 Å². The molecule has 23 heavy (non-hydrogen) atoms. The van der Waals surface area contributed by atoms with Crippen LogP contribution in [0.25, 0.3) is 0 Å². The number of aromatic nitrogens is 2. The summed E-state index contributed by atoms with van der Waals surface area (Å²) in [5, 5.41) is 0. The number of ether oxygens (including phenoxy) is 1. The molecule has 1 aromatic rings. The van der Waals surface area contributed by atoms with Crippen molar-refractivity contribution in [3.05, 3.63) is 18.5 Å². The molecular formula is C18H28N4O. The van der Waals surface area contributed by atoms with E-state index in [0.717, 1.165) is 44.4 Å². The Hall–Kier alpha value is -1.20. The van der Waals surface area contributed by atoms with Crippen molar-refractivity contribution in [2.75, 3.05) is 44.2 Å². The summed E-state index contributed by atoms with van der Waals surface area (Å²) in [4.78, 5) is 13.8. The van der Waals surface area contributed by atoms with Crippen molar-refractivity contribution in [1.29, 1.82) is 0 Å². The molecule has 0 unspecified atom stereocenters. The number of piperidine rings is 1. The standard InChI is InChI=1S/C18H28N4O/c1-2-5-16(4-1)14-21-10-6-18(7-11-21)15-22(12-13-23-18)17-19-8-3-9-20-17/h3,8-9,16H,1-2,4-7,10-15H2. The van der Waals surface area contributed by atoms with Crippen molar-refractivity contribution in [2.45, 2.75) is 44.1 Å². The summed E-state index contributed by atoms with van der Waals surface area (Å²) >= 11 is 0. The largest absolute Gasteiger partial charge is 0.371 e. The van der Waals surface area contributed by atoms with Gasteiger partial charge in [0.25, 0.3) is 0 Å². The van der Waals surface area contributed by atoms with E-state index in [-0.39, 0.29) is 5.60 Å². The molecule has 0 bridgehead atoms. The van der Waals surface area contributed by atoms with Gasteiger partial charge in [-0.1, -0.05) is 12.8 Å². The Balaban J connectivity index is 1.34. The molecule has 126 valence electrons. The van der Waals surface area contributed by atoms with Gasteiger partial charge in [-0.05, 0) is 37.7 Å². The molecule has 2 aliphatic heterocycles. The smallest absolute Gasteiger partial charge is 0.225 e. The Labute approximate surface area is 139 Å². The molecule has 3 aliphatic rings. The van der Waals surface area contributed by atoms with Gasteiger partial charge in [-0.2, -0.15) is 0 Å². The number of nitrogens with zero attached hydrogens (tertiary/aromatic N) is 4. The van der Waals surface area contributed by atoms with Gasteiger partial charge in [0.05, 0.1) is 18.8 Å². The van der Waals surface area contributed by atoms with Crippen molar-refractivity contribution in [3.8, 4) is 0 Å². The average Bonchev–Trinajstić information content (AvgIpc) is 3.11. The first kappa shape index (κ1) is 15.3. The van der Waals surface area contributed by atoms with Crippen LogP contribution in [0.5, 0.6) is 0 Å². The van der Waals surface area contributed by atoms with Gasteiger partial charge < -0.3 is 14.5 Å². The minimum Gasteiger partial charge on any atom is -0.371 e. The Bertz CT molecular complexity index is 495. The summed E-state index contributed by atoms with van der Waals surface area (Å²) in [5.74, 6) is 1.80. The van der Waals surface area contributed by atoms with E-state index in [1.165, 1.54) is 45.3 Å². The molecule has 0 aromatic carbocycles. The lowest BCUT2D eigenvalue weighted by Crippen LogP contribution is -2.57. The summed E-state index contributed by atoms with van der Waals surface area (Å²) in [6.45, 7) is 6.30. The van der Waals surface area contributed by atoms with E-state index in [1.807, 2.05) is 18.5 Å². The van der Waals surface area contributed by atoms with E-state index in [0.29, 0.717) is 0 Å². The van der Waals surface area contributed by atoms with Crippen LogP contribution >= 0.6 is 0 Å². The van der Waals surface area contributed by atoms with Crippen LogP contribution in [0.4, 0.5) is 5.95 Å². The number of hydrogen-bond donors (Lipinski definition) is 0. The maximum absolute atomic E-state index is 6.25. The molecule has 0 N–H and O–H groups in total. The number of morpholine rings is 1. The van der Waals surface area contributed by atoms with Gasteiger partial charge >= 0.3 is 0 Å². The highest BCUT2D eigenvalue weighted by atomic mass is 16.5. The molecule has 1 spiro atoms. The van der Waals surface area contributed by atoms with Gasteiger partial charge in [0.2, 0.25) is 5.95 Å². The van der Waals surface area contributed by atoms with E-state index >= 15 is 0 Å². The number of anilines is 1. The second-order valence-corrected chi connectivity index (χ2v) is 7.45. The molecule has 3 fully saturated rings. The third-order valence-electron chi connectivity index (χ3n) is 5.84. The fraction of sp³-hybridized carbons (Fsp3) is 0.778. The first-order chi connectivity index (χ1) is 11.3. The van der Waals surface area contributed by atoms with Crippen molar-refractivity contribution in [2.24, 2.45) is 5.92 Å². The van der Waals surface area contributed by atoms with Crippen LogP contribution in [-0.4, -0.2) is 59.8 Å². The lowest BCUT2D eigenvalue weighted by molar-refractivity contribution is -0.0926. The van der Waals surface area contributed by atoms with Gasteiger partial charge in [0.1, 0.15) is 0 Å². The zero-order chi connectivity index (χ0) is 15.5. The fourth-order valence-electron chi connectivity index (χ4n) is 4.47. The van der Waals surface area contributed by atoms with Gasteiger partial charge in [0.15, 0.2) is 0 Å². The van der Waals surface area contributed by atoms with E-state index < -0.39 is 0 Å². The first-order valence-corrected chi connectivity index (χ1v) is 9.21. The van der Waals surface area contributed by atoms with Crippen LogP contribution < -0.4 is 4.90 Å². The molecule has 0 radical (unpaired) electrons. The Kier molecular flexibility index (Phi) is 4.49. The van der Waals surface area contributed by atoms with Crippen molar-refractivity contribution < 1.29 is 4.74 Å². The molecule has 1 aromatic heterocycles. The fourth-order valence-corrected chi connectivity index (χ4v) is 4.47. The molecule has 1 aliphatic carbocycles.